The number of likely N-dealkylation sites (tertiary alicyclic amines) is 1. The highest BCUT2D eigenvalue weighted by atomic mass is 79.9. The molecule has 4 aliphatic rings. The van der Waals surface area contributed by atoms with E-state index in [-0.39, 0.29) is 9.79 Å². The number of alkyl halides is 1. The summed E-state index contributed by atoms with van der Waals surface area (Å²) in [6.45, 7) is 14.6. The Morgan fingerprint density at radius 2 is 0.895 bits per heavy atom. The van der Waals surface area contributed by atoms with Gasteiger partial charge in [-0.1, -0.05) is 34.0 Å². The van der Waals surface area contributed by atoms with E-state index in [0.29, 0.717) is 63.5 Å². The number of allylic oxidation sites excluding steroid dienone is 1. The number of halogens is 1. The van der Waals surface area contributed by atoms with Crippen molar-refractivity contribution in [2.75, 3.05) is 78.6 Å². The van der Waals surface area contributed by atoms with Gasteiger partial charge in [-0.15, -0.1) is 19.6 Å². The summed E-state index contributed by atoms with van der Waals surface area (Å²) in [7, 11) is -4.02. The fraction of sp³-hybridized carbons (Fsp3) is 0.311. The van der Waals surface area contributed by atoms with Gasteiger partial charge in [-0.2, -0.15) is 8.61 Å². The minimum atomic E-state index is -3.59. The Bertz CT molecular complexity index is 3430. The molecule has 2 aromatic carbocycles. The van der Waals surface area contributed by atoms with E-state index in [2.05, 4.69) is 187 Å². The van der Waals surface area contributed by atoms with Crippen molar-refractivity contribution in [3.63, 3.8) is 0 Å². The first-order valence-electron chi connectivity index (χ1n) is 23.1. The predicted molar refractivity (Wildman–Crippen MR) is 301 cm³/mol. The molecule has 384 valence electrons. The average molecular weight is 1110 g/mol. The van der Waals surface area contributed by atoms with E-state index in [9.17, 15) is 16.8 Å². The van der Waals surface area contributed by atoms with Crippen LogP contribution in [0.15, 0.2) is 83.6 Å². The Morgan fingerprint density at radius 1 is 0.566 bits per heavy atom. The monoisotopic (exact) mass is 1110 g/mol. The van der Waals surface area contributed by atoms with Crippen LogP contribution in [0.25, 0.3) is 0 Å². The molecule has 0 aromatic heterocycles. The maximum atomic E-state index is 13.1. The molecule has 0 amide bonds. The standard InChI is InChI=1S/C27H4.C17H24N2O4S.C14H20N2O4S.C3H5Br/c1-3-5-7-9-11-13-15-17-19-21-23-25-27-26-24-22-20-18-16-14-12-10-8-6-4-2;1-3-10-18-11-8-17(9-12-18)19(13-14-23-17)24(20,21)16-6-4-15(22-2)5-7-16;1-19-12-2-4-13(5-3-12)21(17,18)16-10-11-20-14(16)6-8-15-9-7-14;1-2-3-4/h1H,2H3;3-7H,1,8-14H2,2H3;2-5,15H,6-11H2,1H3;2H,1,3H2. The molecule has 2 aromatic rings. The molecule has 4 saturated heterocycles. The Kier molecular flexibility index (Phi) is 28.8. The van der Waals surface area contributed by atoms with Crippen LogP contribution in [-0.4, -0.2) is 120 Å². The second-order valence-corrected chi connectivity index (χ2v) is 19.5. The molecule has 4 aliphatic heterocycles. The third-order valence-electron chi connectivity index (χ3n) is 10.6. The third-order valence-corrected chi connectivity index (χ3v) is 15.0. The van der Waals surface area contributed by atoms with Crippen LogP contribution in [0.3, 0.4) is 0 Å². The molecular weight excluding hydrogens is 1060 g/mol. The van der Waals surface area contributed by atoms with E-state index in [1.807, 2.05) is 6.08 Å². The van der Waals surface area contributed by atoms with Crippen molar-refractivity contribution in [1.82, 2.24) is 18.8 Å². The fourth-order valence-electron chi connectivity index (χ4n) is 7.24. The molecule has 0 atom stereocenters. The first kappa shape index (κ1) is 62.2. The molecule has 0 aliphatic carbocycles. The number of methoxy groups -OCH3 is 2. The topological polar surface area (TPSA) is 127 Å². The molecule has 0 saturated carbocycles. The molecule has 2 spiro atoms. The van der Waals surface area contributed by atoms with E-state index < -0.39 is 31.5 Å². The van der Waals surface area contributed by atoms with E-state index in [1.165, 1.54) is 4.31 Å². The Morgan fingerprint density at radius 3 is 1.20 bits per heavy atom. The van der Waals surface area contributed by atoms with Crippen LogP contribution in [0.1, 0.15) is 32.6 Å². The third kappa shape index (κ3) is 20.7. The molecule has 4 fully saturated rings. The van der Waals surface area contributed by atoms with Crippen LogP contribution < -0.4 is 14.8 Å². The normalized spacial score (nSPS) is 14.8. The largest absolute Gasteiger partial charge is 0.497 e. The molecule has 6 rings (SSSR count). The predicted octanol–water partition coefficient (Wildman–Crippen LogP) is 4.74. The lowest BCUT2D eigenvalue weighted by Gasteiger charge is -2.42. The Hall–Kier alpha value is -8.06. The van der Waals surface area contributed by atoms with Gasteiger partial charge < -0.3 is 24.3 Å². The van der Waals surface area contributed by atoms with Crippen LogP contribution >= 0.6 is 15.9 Å². The van der Waals surface area contributed by atoms with Gasteiger partial charge in [-0.3, -0.25) is 4.90 Å². The first-order chi connectivity index (χ1) is 36.9. The molecular formula is C61H53BrN4O8S2. The lowest BCUT2D eigenvalue weighted by molar-refractivity contribution is -0.0891. The summed E-state index contributed by atoms with van der Waals surface area (Å²) in [4.78, 5) is 2.83. The number of hydrogen-bond acceptors (Lipinski definition) is 10. The number of nitrogens with zero attached hydrogens (tertiary/aromatic N) is 3. The summed E-state index contributed by atoms with van der Waals surface area (Å²) < 4.78 is 77.0. The zero-order chi connectivity index (χ0) is 55.2. The molecule has 12 nitrogen and oxygen atoms in total. The second kappa shape index (κ2) is 35.2. The summed E-state index contributed by atoms with van der Waals surface area (Å²) in [6, 6.07) is 13.0. The van der Waals surface area contributed by atoms with Gasteiger partial charge in [0.2, 0.25) is 20.0 Å². The Balaban J connectivity index is 0.000000291. The van der Waals surface area contributed by atoms with Crippen molar-refractivity contribution in [3.8, 4) is 166 Å². The summed E-state index contributed by atoms with van der Waals surface area (Å²) in [5.74, 6) is 63.2. The van der Waals surface area contributed by atoms with Crippen molar-refractivity contribution in [2.45, 2.75) is 53.8 Å². The molecule has 0 radical (unpaired) electrons. The molecule has 76 heavy (non-hydrogen) atoms. The zero-order valence-corrected chi connectivity index (χ0v) is 45.7. The number of sulfonamides is 2. The second-order valence-electron chi connectivity index (χ2n) is 15.1. The average Bonchev–Trinajstić information content (AvgIpc) is 4.07. The summed E-state index contributed by atoms with van der Waals surface area (Å²) in [6.07, 6.45) is 11.3. The summed E-state index contributed by atoms with van der Waals surface area (Å²) in [5.41, 5.74) is -1.39. The van der Waals surface area contributed by atoms with E-state index in [0.717, 1.165) is 38.1 Å². The van der Waals surface area contributed by atoms with E-state index >= 15 is 0 Å². The highest BCUT2D eigenvalue weighted by Gasteiger charge is 2.51. The number of nitrogens with one attached hydrogen (secondary N) is 1. The Labute approximate surface area is 460 Å². The quantitative estimate of drug-likeness (QED) is 0.214. The van der Waals surface area contributed by atoms with Crippen molar-refractivity contribution >= 4 is 36.0 Å². The SMILES string of the molecule is C#CC#CC#CC#CC#CC#CC#CC#CC#CC#CC#CC#CC#CC.C=CCBr.C=CCN1CCC2(CC1)OCCN2S(=O)(=O)c1ccc(OC)cc1.COc1ccc(S(=O)(=O)N2CCOC23CCNCC3)cc1. The van der Waals surface area contributed by atoms with Crippen LogP contribution in [0.2, 0.25) is 0 Å². The van der Waals surface area contributed by atoms with Gasteiger partial charge in [0, 0.05) is 111 Å². The fourth-order valence-corrected chi connectivity index (χ4v) is 10.7. The minimum Gasteiger partial charge on any atom is -0.497 e. The van der Waals surface area contributed by atoms with Crippen molar-refractivity contribution in [1.29, 1.82) is 0 Å². The van der Waals surface area contributed by atoms with Gasteiger partial charge in [0.25, 0.3) is 0 Å². The maximum absolute atomic E-state index is 13.1. The molecule has 0 unspecified atom stereocenters. The smallest absolute Gasteiger partial charge is 0.245 e. The van der Waals surface area contributed by atoms with Crippen molar-refractivity contribution in [3.05, 3.63) is 73.8 Å². The number of ether oxygens (including phenoxy) is 4. The molecule has 15 heteroatoms. The number of hydrogen-bond donors (Lipinski definition) is 1. The van der Waals surface area contributed by atoms with Gasteiger partial charge in [0.1, 0.15) is 22.9 Å². The van der Waals surface area contributed by atoms with Gasteiger partial charge in [0.05, 0.1) is 37.2 Å². The van der Waals surface area contributed by atoms with Crippen LogP contribution in [-0.2, 0) is 29.5 Å². The van der Waals surface area contributed by atoms with Crippen LogP contribution in [0.4, 0.5) is 0 Å². The van der Waals surface area contributed by atoms with Gasteiger partial charge in [-0.05, 0) is 163 Å². The number of benzene rings is 2. The van der Waals surface area contributed by atoms with Crippen LogP contribution in [0, 0.1) is 154 Å². The highest BCUT2D eigenvalue weighted by molar-refractivity contribution is 9.09. The van der Waals surface area contributed by atoms with Crippen LogP contribution in [0.5, 0.6) is 11.5 Å². The summed E-state index contributed by atoms with van der Waals surface area (Å²) >= 11 is 3.13. The minimum absolute atomic E-state index is 0.279. The molecule has 0 bridgehead atoms. The van der Waals surface area contributed by atoms with E-state index in [4.69, 9.17) is 25.4 Å². The van der Waals surface area contributed by atoms with Crippen molar-refractivity contribution < 1.29 is 35.8 Å². The molecule has 4 heterocycles. The lowest BCUT2D eigenvalue weighted by atomic mass is 10.0. The zero-order valence-electron chi connectivity index (χ0n) is 42.5. The maximum Gasteiger partial charge on any atom is 0.245 e. The van der Waals surface area contributed by atoms with E-state index in [1.54, 1.807) is 80.1 Å². The van der Waals surface area contributed by atoms with Gasteiger partial charge in [-0.25, -0.2) is 16.8 Å². The summed E-state index contributed by atoms with van der Waals surface area (Å²) in [5, 5.41) is 4.14. The van der Waals surface area contributed by atoms with Gasteiger partial charge >= 0.3 is 0 Å². The number of terminal acetylenes is 1. The lowest BCUT2D eigenvalue weighted by Crippen LogP contribution is -2.54. The van der Waals surface area contributed by atoms with Gasteiger partial charge in [0.15, 0.2) is 0 Å². The van der Waals surface area contributed by atoms with Crippen molar-refractivity contribution in [2.24, 2.45) is 0 Å². The first-order valence-corrected chi connectivity index (χ1v) is 27.1. The highest BCUT2D eigenvalue weighted by Crippen LogP contribution is 2.39. The number of piperidine rings is 2. The molecule has 1 N–H and O–H groups in total. The number of rotatable bonds is 9.